The summed E-state index contributed by atoms with van der Waals surface area (Å²) in [6, 6.07) is 12.6. The number of phenols is 2. The van der Waals surface area contributed by atoms with E-state index in [4.69, 9.17) is 4.74 Å². The molecular formula is C36H49F5O5. The lowest BCUT2D eigenvalue weighted by atomic mass is 9.66. The number of aliphatic carboxylic acids is 1. The van der Waals surface area contributed by atoms with Crippen LogP contribution >= 0.6 is 0 Å². The molecule has 3 unspecified atom stereocenters. The van der Waals surface area contributed by atoms with E-state index in [1.807, 2.05) is 18.2 Å². The summed E-state index contributed by atoms with van der Waals surface area (Å²) in [6.45, 7) is 4.43. The molecule has 1 aliphatic heterocycles. The molecule has 0 bridgehead atoms. The maximum Gasteiger partial charge on any atom is 0.453 e. The van der Waals surface area contributed by atoms with Crippen molar-refractivity contribution in [3.63, 3.8) is 0 Å². The lowest BCUT2D eigenvalue weighted by molar-refractivity contribution is -0.284. The van der Waals surface area contributed by atoms with Crippen molar-refractivity contribution in [2.24, 2.45) is 5.41 Å². The average molecular weight is 657 g/mol. The van der Waals surface area contributed by atoms with Crippen LogP contribution in [0.25, 0.3) is 0 Å². The number of rotatable bonds is 19. The molecule has 46 heavy (non-hydrogen) atoms. The van der Waals surface area contributed by atoms with Crippen molar-refractivity contribution in [1.82, 2.24) is 0 Å². The zero-order valence-electron chi connectivity index (χ0n) is 27.0. The number of fused-ring (bicyclic) bond motifs is 1. The Bertz CT molecular complexity index is 1250. The monoisotopic (exact) mass is 656 g/mol. The fraction of sp³-hybridized carbons (Fsp3) is 0.639. The Kier molecular flexibility index (Phi) is 13.2. The van der Waals surface area contributed by atoms with E-state index in [9.17, 15) is 42.1 Å². The molecule has 2 aromatic rings. The molecule has 0 saturated carbocycles. The Morgan fingerprint density at radius 3 is 1.89 bits per heavy atom. The summed E-state index contributed by atoms with van der Waals surface area (Å²) < 4.78 is 69.5. The van der Waals surface area contributed by atoms with Gasteiger partial charge in [-0.3, -0.25) is 4.79 Å². The Hall–Kier alpha value is -3.04. The van der Waals surface area contributed by atoms with E-state index in [-0.39, 0.29) is 42.1 Å². The molecule has 0 saturated heterocycles. The highest BCUT2D eigenvalue weighted by Crippen LogP contribution is 2.50. The van der Waals surface area contributed by atoms with Crippen molar-refractivity contribution in [3.8, 4) is 17.2 Å². The first-order valence-electron chi connectivity index (χ1n) is 16.6. The fourth-order valence-corrected chi connectivity index (χ4v) is 6.88. The largest absolute Gasteiger partial charge is 0.508 e. The highest BCUT2D eigenvalue weighted by atomic mass is 19.4. The van der Waals surface area contributed by atoms with Gasteiger partial charge in [-0.1, -0.05) is 89.8 Å². The zero-order chi connectivity index (χ0) is 34.0. The summed E-state index contributed by atoms with van der Waals surface area (Å²) in [5.74, 6) is -4.40. The standard InChI is InChI=1S/C36H49F5O5/c1-3-34(32(44)45,22-12-9-13-23-35(37,38)36(39,40)41)21-11-8-6-4-5-7-10-14-30-29-20-19-28(43)24-31(29)46-25-33(30,2)26-15-17-27(42)18-16-26/h15-20,24,30,42-43H,3-14,21-23,25H2,1-2H3,(H,44,45). The van der Waals surface area contributed by atoms with Crippen LogP contribution in [0.3, 0.4) is 0 Å². The van der Waals surface area contributed by atoms with Gasteiger partial charge in [0.05, 0.1) is 12.0 Å². The molecular weight excluding hydrogens is 607 g/mol. The third-order valence-corrected chi connectivity index (χ3v) is 10.0. The van der Waals surface area contributed by atoms with E-state index < -0.39 is 29.9 Å². The average Bonchev–Trinajstić information content (AvgIpc) is 2.99. The van der Waals surface area contributed by atoms with Gasteiger partial charge in [-0.05, 0) is 61.4 Å². The summed E-state index contributed by atoms with van der Waals surface area (Å²) in [5, 5.41) is 29.7. The summed E-state index contributed by atoms with van der Waals surface area (Å²) in [7, 11) is 0. The molecule has 0 fully saturated rings. The molecule has 1 heterocycles. The Labute approximate surface area is 269 Å². The number of benzene rings is 2. The molecule has 0 spiro atoms. The molecule has 10 heteroatoms. The molecule has 0 amide bonds. The molecule has 5 nitrogen and oxygen atoms in total. The molecule has 2 aromatic carbocycles. The zero-order valence-corrected chi connectivity index (χ0v) is 27.0. The molecule has 0 aromatic heterocycles. The maximum atomic E-state index is 13.1. The fourth-order valence-electron chi connectivity index (χ4n) is 6.88. The van der Waals surface area contributed by atoms with Crippen LogP contribution in [-0.4, -0.2) is 40.0 Å². The molecule has 258 valence electrons. The van der Waals surface area contributed by atoms with Gasteiger partial charge < -0.3 is 20.1 Å². The number of carboxylic acids is 1. The number of hydrogen-bond acceptors (Lipinski definition) is 4. The van der Waals surface area contributed by atoms with Crippen molar-refractivity contribution < 1.29 is 46.8 Å². The van der Waals surface area contributed by atoms with Crippen molar-refractivity contribution in [2.45, 2.75) is 134 Å². The van der Waals surface area contributed by atoms with Crippen LogP contribution in [0.15, 0.2) is 42.5 Å². The van der Waals surface area contributed by atoms with Gasteiger partial charge in [-0.2, -0.15) is 22.0 Å². The summed E-state index contributed by atoms with van der Waals surface area (Å²) in [6.07, 6.45) is 2.06. The first-order chi connectivity index (χ1) is 21.6. The van der Waals surface area contributed by atoms with E-state index in [0.29, 0.717) is 31.6 Å². The lowest BCUT2D eigenvalue weighted by Crippen LogP contribution is -2.40. The topological polar surface area (TPSA) is 87.0 Å². The maximum absolute atomic E-state index is 13.1. The second kappa shape index (κ2) is 16.2. The van der Waals surface area contributed by atoms with Gasteiger partial charge in [-0.25, -0.2) is 0 Å². The van der Waals surface area contributed by atoms with Crippen LogP contribution in [0, 0.1) is 5.41 Å². The number of carboxylic acid groups (broad SMARTS) is 1. The van der Waals surface area contributed by atoms with E-state index in [1.165, 1.54) is 0 Å². The van der Waals surface area contributed by atoms with Gasteiger partial charge in [0, 0.05) is 23.8 Å². The summed E-state index contributed by atoms with van der Waals surface area (Å²) in [4.78, 5) is 12.1. The first kappa shape index (κ1) is 37.4. The van der Waals surface area contributed by atoms with Crippen molar-refractivity contribution in [2.75, 3.05) is 6.61 Å². The summed E-state index contributed by atoms with van der Waals surface area (Å²) in [5.41, 5.74) is 0.869. The van der Waals surface area contributed by atoms with Crippen molar-refractivity contribution in [1.29, 1.82) is 0 Å². The predicted molar refractivity (Wildman–Crippen MR) is 168 cm³/mol. The van der Waals surface area contributed by atoms with Gasteiger partial charge in [0.25, 0.3) is 0 Å². The minimum atomic E-state index is -5.56. The Balaban J connectivity index is 1.42. The minimum absolute atomic E-state index is 0.136. The van der Waals surface area contributed by atoms with Crippen LogP contribution in [0.1, 0.15) is 127 Å². The second-order valence-corrected chi connectivity index (χ2v) is 13.2. The number of alkyl halides is 5. The number of phenolic OH excluding ortho intramolecular Hbond substituents is 2. The van der Waals surface area contributed by atoms with Crippen LogP contribution in [0.4, 0.5) is 22.0 Å². The smallest absolute Gasteiger partial charge is 0.453 e. The molecule has 1 aliphatic rings. The van der Waals surface area contributed by atoms with Gasteiger partial charge in [0.15, 0.2) is 0 Å². The van der Waals surface area contributed by atoms with Crippen LogP contribution in [-0.2, 0) is 10.2 Å². The van der Waals surface area contributed by atoms with E-state index in [2.05, 4.69) is 6.92 Å². The van der Waals surface area contributed by atoms with E-state index >= 15 is 0 Å². The van der Waals surface area contributed by atoms with Gasteiger partial charge in [0.1, 0.15) is 17.2 Å². The SMILES string of the molecule is CCC(CCCCCCCCCC1c2ccc(O)cc2OCC1(C)c1ccc(O)cc1)(CCCCCC(F)(F)C(F)(F)F)C(=O)O. The highest BCUT2D eigenvalue weighted by molar-refractivity contribution is 5.74. The highest BCUT2D eigenvalue weighted by Gasteiger charge is 2.56. The number of hydrogen-bond donors (Lipinski definition) is 3. The first-order valence-corrected chi connectivity index (χ1v) is 16.6. The minimum Gasteiger partial charge on any atom is -0.508 e. The number of unbranched alkanes of at least 4 members (excludes halogenated alkanes) is 8. The number of halogens is 5. The van der Waals surface area contributed by atoms with Crippen molar-refractivity contribution in [3.05, 3.63) is 53.6 Å². The lowest BCUT2D eigenvalue weighted by Gasteiger charge is -2.43. The summed E-state index contributed by atoms with van der Waals surface area (Å²) >= 11 is 0. The van der Waals surface area contributed by atoms with Gasteiger partial charge in [0.2, 0.25) is 0 Å². The predicted octanol–water partition coefficient (Wildman–Crippen LogP) is 10.7. The third-order valence-electron chi connectivity index (χ3n) is 10.0. The molecule has 3 atom stereocenters. The van der Waals surface area contributed by atoms with Gasteiger partial charge >= 0.3 is 18.1 Å². The van der Waals surface area contributed by atoms with Crippen molar-refractivity contribution >= 4 is 5.97 Å². The Morgan fingerprint density at radius 1 is 0.804 bits per heavy atom. The quantitative estimate of drug-likeness (QED) is 0.103. The van der Waals surface area contributed by atoms with Gasteiger partial charge in [-0.15, -0.1) is 0 Å². The second-order valence-electron chi connectivity index (χ2n) is 13.2. The number of carbonyl (C=O) groups is 1. The molecule has 3 N–H and O–H groups in total. The van der Waals surface area contributed by atoms with Crippen LogP contribution in [0.5, 0.6) is 17.2 Å². The van der Waals surface area contributed by atoms with Crippen LogP contribution in [0.2, 0.25) is 0 Å². The normalized spacial score (nSPS) is 19.7. The third kappa shape index (κ3) is 9.50. The molecule has 0 radical (unpaired) electrons. The number of ether oxygens (including phenoxy) is 1. The molecule has 0 aliphatic carbocycles. The molecule has 3 rings (SSSR count). The van der Waals surface area contributed by atoms with Crippen LogP contribution < -0.4 is 4.74 Å². The number of aromatic hydroxyl groups is 2. The van der Waals surface area contributed by atoms with E-state index in [1.54, 1.807) is 31.2 Å². The Morgan fingerprint density at radius 2 is 1.33 bits per heavy atom. The van der Waals surface area contributed by atoms with E-state index in [0.717, 1.165) is 62.5 Å².